The van der Waals surface area contributed by atoms with E-state index in [4.69, 9.17) is 5.26 Å². The van der Waals surface area contributed by atoms with Crippen molar-refractivity contribution in [1.82, 2.24) is 16.0 Å². The third kappa shape index (κ3) is 3.57. The number of allylic oxidation sites excluding steroid dienone is 1. The second-order valence-corrected chi connectivity index (χ2v) is 5.99. The highest BCUT2D eigenvalue weighted by atomic mass is 32.2. The Hall–Kier alpha value is -2.52. The van der Waals surface area contributed by atoms with Crippen LogP contribution in [0.5, 0.6) is 0 Å². The van der Waals surface area contributed by atoms with Gasteiger partial charge in [0.1, 0.15) is 5.92 Å². The molecular formula is C13H15N5O3S. The summed E-state index contributed by atoms with van der Waals surface area (Å²) in [5.41, 5.74) is -0.720. The number of hydrogen-bond acceptors (Lipinski definition) is 6. The normalized spacial score (nSPS) is 19.5. The lowest BCUT2D eigenvalue weighted by Gasteiger charge is -2.34. The number of rotatable bonds is 3. The minimum atomic E-state index is -0.980. The molecule has 1 aliphatic heterocycles. The lowest BCUT2D eigenvalue weighted by Crippen LogP contribution is -2.45. The van der Waals surface area contributed by atoms with Crippen LogP contribution in [0.25, 0.3) is 0 Å². The van der Waals surface area contributed by atoms with Crippen LogP contribution < -0.4 is 16.0 Å². The van der Waals surface area contributed by atoms with Crippen molar-refractivity contribution in [3.8, 4) is 12.1 Å². The van der Waals surface area contributed by atoms with E-state index in [-0.39, 0.29) is 16.4 Å². The second kappa shape index (κ2) is 6.96. The summed E-state index contributed by atoms with van der Waals surface area (Å²) in [5, 5.41) is 25.4. The fourth-order valence-corrected chi connectivity index (χ4v) is 2.87. The fraction of sp³-hybridized carbons (Fsp3) is 0.462. The molecule has 0 aromatic rings. The van der Waals surface area contributed by atoms with Gasteiger partial charge in [-0.3, -0.25) is 14.9 Å². The van der Waals surface area contributed by atoms with Gasteiger partial charge in [-0.25, -0.2) is 4.79 Å². The Bertz CT molecular complexity index is 627. The summed E-state index contributed by atoms with van der Waals surface area (Å²) in [6, 6.07) is 3.23. The van der Waals surface area contributed by atoms with Gasteiger partial charge in [-0.05, 0) is 0 Å². The van der Waals surface area contributed by atoms with E-state index in [0.717, 1.165) is 11.8 Å². The summed E-state index contributed by atoms with van der Waals surface area (Å²) in [4.78, 5) is 34.5. The smallest absolute Gasteiger partial charge is 0.321 e. The molecule has 0 bridgehead atoms. The second-order valence-electron chi connectivity index (χ2n) is 5.00. The predicted octanol–water partition coefficient (Wildman–Crippen LogP) is 0.206. The maximum Gasteiger partial charge on any atom is 0.321 e. The topological polar surface area (TPSA) is 135 Å². The van der Waals surface area contributed by atoms with Crippen LogP contribution in [0.15, 0.2) is 10.6 Å². The molecule has 0 aromatic heterocycles. The van der Waals surface area contributed by atoms with Crippen LogP contribution >= 0.6 is 11.8 Å². The highest BCUT2D eigenvalue weighted by Crippen LogP contribution is 2.41. The Kier molecular flexibility index (Phi) is 5.55. The van der Waals surface area contributed by atoms with E-state index in [2.05, 4.69) is 16.0 Å². The molecule has 9 heteroatoms. The third-order valence-electron chi connectivity index (χ3n) is 3.16. The Labute approximate surface area is 131 Å². The van der Waals surface area contributed by atoms with Gasteiger partial charge in [0.25, 0.3) is 0 Å². The molecule has 0 fully saturated rings. The van der Waals surface area contributed by atoms with E-state index < -0.39 is 29.2 Å². The van der Waals surface area contributed by atoms with Crippen LogP contribution in [0.4, 0.5) is 4.79 Å². The van der Waals surface area contributed by atoms with Crippen LogP contribution in [-0.4, -0.2) is 30.6 Å². The average Bonchev–Trinajstić information content (AvgIpc) is 2.44. The van der Waals surface area contributed by atoms with Gasteiger partial charge in [0.05, 0.1) is 28.5 Å². The Morgan fingerprint density at radius 2 is 2.05 bits per heavy atom. The number of hydrogen-bond donors (Lipinski definition) is 3. The molecule has 3 N–H and O–H groups in total. The number of carbonyl (C=O) groups excluding carboxylic acids is 3. The fourth-order valence-electron chi connectivity index (χ4n) is 1.90. The molecular weight excluding hydrogens is 306 g/mol. The molecule has 116 valence electrons. The quantitative estimate of drug-likeness (QED) is 0.680. The molecule has 1 heterocycles. The number of nitrogens with one attached hydrogen (secondary N) is 3. The van der Waals surface area contributed by atoms with E-state index in [1.54, 1.807) is 13.8 Å². The SMILES string of the molecule is CNC(=O)NC(=O)CSC1=C(C#N)C(C)(C)[C@@H](C#N)C(=O)N1. The molecule has 1 rings (SSSR count). The Morgan fingerprint density at radius 3 is 2.55 bits per heavy atom. The molecule has 0 radical (unpaired) electrons. The molecule has 1 aliphatic rings. The molecule has 0 aliphatic carbocycles. The van der Waals surface area contributed by atoms with Crippen molar-refractivity contribution in [3.63, 3.8) is 0 Å². The maximum atomic E-state index is 11.9. The number of nitrogens with zero attached hydrogens (tertiary/aromatic N) is 2. The number of thioether (sulfide) groups is 1. The lowest BCUT2D eigenvalue weighted by molar-refractivity contribution is -0.125. The number of nitriles is 2. The Balaban J connectivity index is 2.93. The summed E-state index contributed by atoms with van der Waals surface area (Å²) in [7, 11) is 1.37. The van der Waals surface area contributed by atoms with E-state index in [9.17, 15) is 19.6 Å². The van der Waals surface area contributed by atoms with Gasteiger partial charge in [-0.1, -0.05) is 25.6 Å². The molecule has 0 saturated heterocycles. The average molecular weight is 321 g/mol. The van der Waals surface area contributed by atoms with Crippen molar-refractivity contribution < 1.29 is 14.4 Å². The largest absolute Gasteiger partial charge is 0.341 e. The molecule has 0 spiro atoms. The molecule has 0 unspecified atom stereocenters. The minimum absolute atomic E-state index is 0.151. The summed E-state index contributed by atoms with van der Waals surface area (Å²) in [6.07, 6.45) is 0. The lowest BCUT2D eigenvalue weighted by atomic mass is 9.72. The van der Waals surface area contributed by atoms with Gasteiger partial charge in [-0.15, -0.1) is 0 Å². The third-order valence-corrected chi connectivity index (χ3v) is 4.16. The van der Waals surface area contributed by atoms with Gasteiger partial charge in [0.15, 0.2) is 0 Å². The van der Waals surface area contributed by atoms with Gasteiger partial charge in [0, 0.05) is 12.5 Å². The van der Waals surface area contributed by atoms with Crippen LogP contribution in [0.2, 0.25) is 0 Å². The highest BCUT2D eigenvalue weighted by molar-refractivity contribution is 8.03. The summed E-state index contributed by atoms with van der Waals surface area (Å²) < 4.78 is 0. The zero-order valence-electron chi connectivity index (χ0n) is 12.3. The van der Waals surface area contributed by atoms with Gasteiger partial charge < -0.3 is 10.6 Å². The monoisotopic (exact) mass is 321 g/mol. The van der Waals surface area contributed by atoms with Crippen LogP contribution in [0.3, 0.4) is 0 Å². The first-order valence-electron chi connectivity index (χ1n) is 6.27. The van der Waals surface area contributed by atoms with E-state index >= 15 is 0 Å². The highest BCUT2D eigenvalue weighted by Gasteiger charge is 2.44. The van der Waals surface area contributed by atoms with Gasteiger partial charge in [0.2, 0.25) is 11.8 Å². The minimum Gasteiger partial charge on any atom is -0.341 e. The zero-order chi connectivity index (χ0) is 16.9. The van der Waals surface area contributed by atoms with Crippen LogP contribution in [-0.2, 0) is 9.59 Å². The first-order chi connectivity index (χ1) is 10.3. The number of amides is 4. The van der Waals surface area contributed by atoms with E-state index in [1.807, 2.05) is 12.1 Å². The van der Waals surface area contributed by atoms with Crippen LogP contribution in [0, 0.1) is 34.0 Å². The number of carbonyl (C=O) groups is 3. The maximum absolute atomic E-state index is 11.9. The van der Waals surface area contributed by atoms with Crippen molar-refractivity contribution in [2.75, 3.05) is 12.8 Å². The van der Waals surface area contributed by atoms with Crippen molar-refractivity contribution in [2.45, 2.75) is 13.8 Å². The predicted molar refractivity (Wildman–Crippen MR) is 78.7 cm³/mol. The molecule has 8 nitrogen and oxygen atoms in total. The Morgan fingerprint density at radius 1 is 1.41 bits per heavy atom. The molecule has 22 heavy (non-hydrogen) atoms. The van der Waals surface area contributed by atoms with Crippen molar-refractivity contribution in [3.05, 3.63) is 10.6 Å². The zero-order valence-corrected chi connectivity index (χ0v) is 13.1. The molecule has 0 aromatic carbocycles. The molecule has 1 atom stereocenters. The first kappa shape index (κ1) is 17.5. The van der Waals surface area contributed by atoms with Gasteiger partial charge >= 0.3 is 6.03 Å². The van der Waals surface area contributed by atoms with Crippen molar-refractivity contribution in [1.29, 1.82) is 10.5 Å². The van der Waals surface area contributed by atoms with Crippen molar-refractivity contribution in [2.24, 2.45) is 11.3 Å². The van der Waals surface area contributed by atoms with Crippen molar-refractivity contribution >= 4 is 29.6 Å². The number of urea groups is 1. The summed E-state index contributed by atoms with van der Waals surface area (Å²) in [6.45, 7) is 3.26. The summed E-state index contributed by atoms with van der Waals surface area (Å²) in [5.74, 6) is -2.21. The van der Waals surface area contributed by atoms with E-state index in [1.165, 1.54) is 7.05 Å². The molecule has 4 amide bonds. The van der Waals surface area contributed by atoms with Crippen LogP contribution in [0.1, 0.15) is 13.8 Å². The summed E-state index contributed by atoms with van der Waals surface area (Å²) >= 11 is 0.933. The standard InChI is InChI=1S/C13H15N5O3S/c1-13(2)7(4-14)10(20)18-11(8(13)5-15)22-6-9(19)17-12(21)16-3/h7H,6H2,1-3H3,(H,18,20)(H2,16,17,19,21)/t7-/m0/s1. The molecule has 0 saturated carbocycles. The van der Waals surface area contributed by atoms with Gasteiger partial charge in [-0.2, -0.15) is 10.5 Å². The van der Waals surface area contributed by atoms with E-state index in [0.29, 0.717) is 0 Å². The number of imide groups is 1. The first-order valence-corrected chi connectivity index (χ1v) is 7.26.